The SMILES string of the molecule is CC(F)S(=O)Nc1ccc(Cl)c(C(=O)O)c1. The number of benzene rings is 1. The summed E-state index contributed by atoms with van der Waals surface area (Å²) in [5, 5.41) is 8.84. The van der Waals surface area contributed by atoms with Crippen molar-refractivity contribution in [3.05, 3.63) is 28.8 Å². The average molecular weight is 266 g/mol. The fourth-order valence-electron chi connectivity index (χ4n) is 0.950. The van der Waals surface area contributed by atoms with Crippen LogP contribution in [-0.2, 0) is 11.0 Å². The fraction of sp³-hybridized carbons (Fsp3) is 0.222. The zero-order chi connectivity index (χ0) is 12.3. The van der Waals surface area contributed by atoms with Crippen LogP contribution in [0, 0.1) is 0 Å². The first kappa shape index (κ1) is 12.9. The standard InChI is InChI=1S/C9H9ClFNO3S/c1-5(11)16(15)12-6-2-3-8(10)7(4-6)9(13)14/h2-5,12H,1H3,(H,13,14). The van der Waals surface area contributed by atoms with Gasteiger partial charge in [-0.1, -0.05) is 11.6 Å². The van der Waals surface area contributed by atoms with Gasteiger partial charge in [-0.3, -0.25) is 0 Å². The average Bonchev–Trinajstić information content (AvgIpc) is 2.20. The number of hydrogen-bond acceptors (Lipinski definition) is 2. The van der Waals surface area contributed by atoms with Gasteiger partial charge >= 0.3 is 5.97 Å². The van der Waals surface area contributed by atoms with Gasteiger partial charge in [0.25, 0.3) is 0 Å². The van der Waals surface area contributed by atoms with E-state index in [2.05, 4.69) is 4.72 Å². The molecule has 16 heavy (non-hydrogen) atoms. The Morgan fingerprint density at radius 3 is 2.75 bits per heavy atom. The predicted molar refractivity (Wildman–Crippen MR) is 60.7 cm³/mol. The molecular formula is C9H9ClFNO3S. The van der Waals surface area contributed by atoms with Crippen LogP contribution in [0.1, 0.15) is 17.3 Å². The van der Waals surface area contributed by atoms with Gasteiger partial charge in [0, 0.05) is 5.69 Å². The van der Waals surface area contributed by atoms with Crippen LogP contribution < -0.4 is 4.72 Å². The van der Waals surface area contributed by atoms with Crippen LogP contribution in [0.2, 0.25) is 5.02 Å². The highest BCUT2D eigenvalue weighted by Gasteiger charge is 2.12. The molecule has 0 heterocycles. The number of anilines is 1. The molecule has 1 aromatic carbocycles. The zero-order valence-electron chi connectivity index (χ0n) is 8.24. The molecule has 2 N–H and O–H groups in total. The number of nitrogens with one attached hydrogen (secondary N) is 1. The van der Waals surface area contributed by atoms with E-state index in [0.29, 0.717) is 0 Å². The van der Waals surface area contributed by atoms with Gasteiger partial charge in [-0.15, -0.1) is 0 Å². The van der Waals surface area contributed by atoms with E-state index in [4.69, 9.17) is 16.7 Å². The quantitative estimate of drug-likeness (QED) is 0.879. The minimum atomic E-state index is -1.90. The molecule has 0 aliphatic carbocycles. The van der Waals surface area contributed by atoms with Gasteiger partial charge in [0.2, 0.25) is 0 Å². The molecule has 4 nitrogen and oxygen atoms in total. The van der Waals surface area contributed by atoms with Crippen LogP contribution in [0.3, 0.4) is 0 Å². The molecule has 1 aromatic rings. The van der Waals surface area contributed by atoms with Gasteiger partial charge in [0.1, 0.15) is 0 Å². The molecule has 2 unspecified atom stereocenters. The van der Waals surface area contributed by atoms with Crippen LogP contribution in [0.4, 0.5) is 10.1 Å². The van der Waals surface area contributed by atoms with E-state index in [0.717, 1.165) is 6.92 Å². The number of carbonyl (C=O) groups is 1. The normalized spacial score (nSPS) is 14.2. The highest BCUT2D eigenvalue weighted by Crippen LogP contribution is 2.21. The van der Waals surface area contributed by atoms with Crippen molar-refractivity contribution in [1.29, 1.82) is 0 Å². The fourth-order valence-corrected chi connectivity index (χ4v) is 1.67. The minimum absolute atomic E-state index is 0.0668. The summed E-state index contributed by atoms with van der Waals surface area (Å²) in [6, 6.07) is 3.97. The van der Waals surface area contributed by atoms with Gasteiger partial charge in [-0.05, 0) is 25.1 Å². The molecular weight excluding hydrogens is 257 g/mol. The van der Waals surface area contributed by atoms with Crippen LogP contribution in [0.25, 0.3) is 0 Å². The molecule has 0 spiro atoms. The third-order valence-electron chi connectivity index (χ3n) is 1.71. The number of carboxylic acid groups (broad SMARTS) is 1. The molecule has 0 fully saturated rings. The van der Waals surface area contributed by atoms with E-state index in [1.165, 1.54) is 18.2 Å². The smallest absolute Gasteiger partial charge is 0.337 e. The van der Waals surface area contributed by atoms with Gasteiger partial charge < -0.3 is 9.83 Å². The maximum atomic E-state index is 12.6. The van der Waals surface area contributed by atoms with Crippen molar-refractivity contribution in [2.75, 3.05) is 4.72 Å². The van der Waals surface area contributed by atoms with Crippen molar-refractivity contribution in [1.82, 2.24) is 0 Å². The Hall–Kier alpha value is -1.14. The van der Waals surface area contributed by atoms with Crippen LogP contribution >= 0.6 is 11.6 Å². The summed E-state index contributed by atoms with van der Waals surface area (Å²) in [6.07, 6.45) is 0. The molecule has 0 aliphatic heterocycles. The Labute approximate surface area is 99.0 Å². The monoisotopic (exact) mass is 265 g/mol. The molecule has 0 aromatic heterocycles. The highest BCUT2D eigenvalue weighted by molar-refractivity contribution is 7.86. The van der Waals surface area contributed by atoms with Crippen LogP contribution in [-0.4, -0.2) is 20.8 Å². The maximum Gasteiger partial charge on any atom is 0.337 e. The number of rotatable bonds is 4. The second kappa shape index (κ2) is 5.27. The van der Waals surface area contributed by atoms with Gasteiger partial charge in [0.05, 0.1) is 10.6 Å². The molecule has 0 aliphatic rings. The lowest BCUT2D eigenvalue weighted by Gasteiger charge is -2.08. The zero-order valence-corrected chi connectivity index (χ0v) is 9.81. The Balaban J connectivity index is 2.95. The maximum absolute atomic E-state index is 12.6. The topological polar surface area (TPSA) is 66.4 Å². The summed E-state index contributed by atoms with van der Waals surface area (Å²) in [4.78, 5) is 10.7. The Morgan fingerprint density at radius 1 is 1.62 bits per heavy atom. The van der Waals surface area contributed by atoms with E-state index in [1.54, 1.807) is 0 Å². The Morgan fingerprint density at radius 2 is 2.25 bits per heavy atom. The second-order valence-electron chi connectivity index (χ2n) is 2.94. The summed E-state index contributed by atoms with van der Waals surface area (Å²) >= 11 is 5.63. The number of carboxylic acids is 1. The van der Waals surface area contributed by atoms with Crippen molar-refractivity contribution in [2.24, 2.45) is 0 Å². The number of aromatic carboxylic acids is 1. The van der Waals surface area contributed by atoms with Crippen molar-refractivity contribution < 1.29 is 18.5 Å². The summed E-state index contributed by atoms with van der Waals surface area (Å²) in [5.74, 6) is -1.20. The third-order valence-corrected chi connectivity index (χ3v) is 3.07. The van der Waals surface area contributed by atoms with Crippen LogP contribution in [0.5, 0.6) is 0 Å². The first-order valence-electron chi connectivity index (χ1n) is 4.26. The first-order chi connectivity index (χ1) is 7.41. The number of alkyl halides is 1. The summed E-state index contributed by atoms with van der Waals surface area (Å²) in [5.41, 5.74) is -1.44. The molecule has 1 rings (SSSR count). The Kier molecular flexibility index (Phi) is 4.26. The minimum Gasteiger partial charge on any atom is -0.478 e. The van der Waals surface area contributed by atoms with Gasteiger partial charge in [-0.2, -0.15) is 0 Å². The second-order valence-corrected chi connectivity index (χ2v) is 4.80. The van der Waals surface area contributed by atoms with E-state index in [1.807, 2.05) is 0 Å². The lowest BCUT2D eigenvalue weighted by molar-refractivity contribution is 0.0697. The summed E-state index contributed by atoms with van der Waals surface area (Å²) in [7, 11) is -1.90. The van der Waals surface area contributed by atoms with E-state index in [-0.39, 0.29) is 16.3 Å². The molecule has 0 saturated heterocycles. The molecule has 0 saturated carbocycles. The van der Waals surface area contributed by atoms with E-state index < -0.39 is 22.5 Å². The number of halogens is 2. The van der Waals surface area contributed by atoms with Gasteiger partial charge in [0.15, 0.2) is 16.5 Å². The highest BCUT2D eigenvalue weighted by atomic mass is 35.5. The largest absolute Gasteiger partial charge is 0.478 e. The number of hydrogen-bond donors (Lipinski definition) is 2. The lowest BCUT2D eigenvalue weighted by Crippen LogP contribution is -2.13. The third kappa shape index (κ3) is 3.18. The Bertz CT molecular complexity index is 439. The molecule has 7 heteroatoms. The molecule has 88 valence electrons. The van der Waals surface area contributed by atoms with Crippen LogP contribution in [0.15, 0.2) is 18.2 Å². The molecule has 2 atom stereocenters. The van der Waals surface area contributed by atoms with Crippen molar-refractivity contribution in [3.63, 3.8) is 0 Å². The predicted octanol–water partition coefficient (Wildman–Crippen LogP) is 2.43. The van der Waals surface area contributed by atoms with Crippen molar-refractivity contribution in [3.8, 4) is 0 Å². The lowest BCUT2D eigenvalue weighted by atomic mass is 10.2. The summed E-state index contributed by atoms with van der Waals surface area (Å²) < 4.78 is 26.1. The molecule has 0 bridgehead atoms. The van der Waals surface area contributed by atoms with E-state index >= 15 is 0 Å². The molecule has 0 amide bonds. The van der Waals surface area contributed by atoms with Crippen molar-refractivity contribution >= 4 is 34.2 Å². The molecule has 0 radical (unpaired) electrons. The summed E-state index contributed by atoms with van der Waals surface area (Å²) in [6.45, 7) is 1.14. The first-order valence-corrected chi connectivity index (χ1v) is 5.85. The van der Waals surface area contributed by atoms with E-state index in [9.17, 15) is 13.4 Å². The van der Waals surface area contributed by atoms with Crippen molar-refractivity contribution in [2.45, 2.75) is 12.4 Å². The van der Waals surface area contributed by atoms with Gasteiger partial charge in [-0.25, -0.2) is 13.4 Å².